The molecule has 0 bridgehead atoms. The maximum absolute atomic E-state index is 11.5. The van der Waals surface area contributed by atoms with E-state index in [2.05, 4.69) is 21.8 Å². The number of hydrogen-bond donors (Lipinski definition) is 1. The second kappa shape index (κ2) is 5.23. The van der Waals surface area contributed by atoms with Gasteiger partial charge in [-0.3, -0.25) is 14.4 Å². The van der Waals surface area contributed by atoms with Gasteiger partial charge in [0.15, 0.2) is 0 Å². The Bertz CT molecular complexity index is 497. The summed E-state index contributed by atoms with van der Waals surface area (Å²) in [5.74, 6) is 5.65. The van der Waals surface area contributed by atoms with Crippen molar-refractivity contribution in [3.05, 3.63) is 18.0 Å². The molecule has 0 aliphatic carbocycles. The van der Waals surface area contributed by atoms with Crippen LogP contribution in [0.5, 0.6) is 0 Å². The first-order chi connectivity index (χ1) is 8.61. The molecule has 0 saturated carbocycles. The van der Waals surface area contributed by atoms with Crippen LogP contribution in [-0.2, 0) is 11.8 Å². The van der Waals surface area contributed by atoms with Crippen molar-refractivity contribution in [2.75, 3.05) is 19.6 Å². The molecular formula is C13H18N4O. The summed E-state index contributed by atoms with van der Waals surface area (Å²) in [6.07, 6.45) is 3.77. The molecule has 0 unspecified atom stereocenters. The maximum atomic E-state index is 11.5. The molecule has 1 aliphatic rings. The molecule has 1 saturated heterocycles. The van der Waals surface area contributed by atoms with Crippen LogP contribution in [0.1, 0.15) is 18.4 Å². The molecule has 2 rings (SSSR count). The average Bonchev–Trinajstić information content (AvgIpc) is 2.92. The lowest BCUT2D eigenvalue weighted by Crippen LogP contribution is -2.29. The van der Waals surface area contributed by atoms with E-state index in [4.69, 9.17) is 5.73 Å². The number of carbonyl (C=O) groups is 1. The smallest absolute Gasteiger partial charge is 0.222 e. The van der Waals surface area contributed by atoms with Gasteiger partial charge in [-0.1, -0.05) is 5.92 Å². The Balaban J connectivity index is 2.16. The predicted molar refractivity (Wildman–Crippen MR) is 68.5 cm³/mol. The number of amides is 1. The Hall–Kier alpha value is -1.80. The number of nitrogens with two attached hydrogens (primary N) is 1. The molecule has 5 heteroatoms. The maximum Gasteiger partial charge on any atom is 0.222 e. The van der Waals surface area contributed by atoms with Crippen LogP contribution in [0.25, 0.3) is 0 Å². The Morgan fingerprint density at radius 1 is 1.61 bits per heavy atom. The average molecular weight is 246 g/mol. The molecule has 18 heavy (non-hydrogen) atoms. The lowest BCUT2D eigenvalue weighted by molar-refractivity contribution is -0.121. The van der Waals surface area contributed by atoms with Gasteiger partial charge in [-0.2, -0.15) is 5.10 Å². The molecule has 1 aliphatic heterocycles. The van der Waals surface area contributed by atoms with Crippen molar-refractivity contribution in [1.82, 2.24) is 14.7 Å². The normalized spacial score (nSPS) is 23.7. The monoisotopic (exact) mass is 246 g/mol. The fourth-order valence-electron chi connectivity index (χ4n) is 2.46. The van der Waals surface area contributed by atoms with Crippen molar-refractivity contribution in [1.29, 1.82) is 0 Å². The second-order valence-corrected chi connectivity index (χ2v) is 4.68. The number of likely N-dealkylation sites (tertiary alicyclic amines) is 1. The van der Waals surface area contributed by atoms with E-state index in [1.807, 2.05) is 26.4 Å². The number of hydrogen-bond acceptors (Lipinski definition) is 3. The van der Waals surface area contributed by atoms with Gasteiger partial charge < -0.3 is 5.73 Å². The Labute approximate surface area is 107 Å². The minimum Gasteiger partial charge on any atom is -0.369 e. The molecule has 0 spiro atoms. The summed E-state index contributed by atoms with van der Waals surface area (Å²) < 4.78 is 1.75. The number of aromatic nitrogens is 2. The second-order valence-electron chi connectivity index (χ2n) is 4.68. The number of aryl methyl sites for hydroxylation is 1. The summed E-state index contributed by atoms with van der Waals surface area (Å²) in [7, 11) is 1.87. The first-order valence-corrected chi connectivity index (χ1v) is 6.01. The van der Waals surface area contributed by atoms with Gasteiger partial charge in [-0.25, -0.2) is 0 Å². The molecule has 2 N–H and O–H groups in total. The molecular weight excluding hydrogens is 228 g/mol. The minimum absolute atomic E-state index is 0.134. The number of carbonyl (C=O) groups excluding carboxylic acids is 1. The molecule has 1 aromatic rings. The van der Waals surface area contributed by atoms with Crippen LogP contribution >= 0.6 is 0 Å². The van der Waals surface area contributed by atoms with E-state index in [9.17, 15) is 4.79 Å². The zero-order valence-electron chi connectivity index (χ0n) is 10.8. The zero-order valence-corrected chi connectivity index (χ0v) is 10.8. The molecule has 5 nitrogen and oxygen atoms in total. The molecule has 0 radical (unpaired) electrons. The third-order valence-electron chi connectivity index (χ3n) is 3.39. The van der Waals surface area contributed by atoms with Crippen molar-refractivity contribution in [2.45, 2.75) is 12.8 Å². The summed E-state index contributed by atoms with van der Waals surface area (Å²) in [6, 6.07) is 0. The summed E-state index contributed by atoms with van der Waals surface area (Å²) in [4.78, 5) is 13.7. The largest absolute Gasteiger partial charge is 0.369 e. The number of rotatable bonds is 3. The van der Waals surface area contributed by atoms with Gasteiger partial charge in [0, 0.05) is 32.3 Å². The van der Waals surface area contributed by atoms with Crippen molar-refractivity contribution >= 4 is 5.91 Å². The molecule has 1 fully saturated rings. The van der Waals surface area contributed by atoms with Crippen LogP contribution in [0.15, 0.2) is 12.4 Å². The van der Waals surface area contributed by atoms with Crippen molar-refractivity contribution in [3.63, 3.8) is 0 Å². The van der Waals surface area contributed by atoms with E-state index < -0.39 is 0 Å². The van der Waals surface area contributed by atoms with Gasteiger partial charge in [0.25, 0.3) is 0 Å². The van der Waals surface area contributed by atoms with Gasteiger partial charge in [-0.05, 0) is 12.5 Å². The van der Waals surface area contributed by atoms with Crippen LogP contribution in [0, 0.1) is 17.8 Å². The third kappa shape index (κ3) is 2.54. The minimum atomic E-state index is -0.240. The molecule has 2 atom stereocenters. The summed E-state index contributed by atoms with van der Waals surface area (Å²) >= 11 is 0. The Morgan fingerprint density at radius 2 is 2.39 bits per heavy atom. The first-order valence-electron chi connectivity index (χ1n) is 6.01. The molecule has 0 aromatic carbocycles. The quantitative estimate of drug-likeness (QED) is 0.760. The predicted octanol–water partition coefficient (Wildman–Crippen LogP) is -0.0559. The lowest BCUT2D eigenvalue weighted by atomic mass is 9.90. The highest BCUT2D eigenvalue weighted by atomic mass is 16.1. The Morgan fingerprint density at radius 3 is 2.94 bits per heavy atom. The summed E-state index contributed by atoms with van der Waals surface area (Å²) in [5, 5.41) is 4.16. The van der Waals surface area contributed by atoms with Gasteiger partial charge in [0.1, 0.15) is 0 Å². The fraction of sp³-hybridized carbons (Fsp3) is 0.538. The third-order valence-corrected chi connectivity index (χ3v) is 3.39. The highest BCUT2D eigenvalue weighted by Gasteiger charge is 2.37. The van der Waals surface area contributed by atoms with Crippen LogP contribution in [0.3, 0.4) is 0 Å². The molecule has 2 heterocycles. The first kappa shape index (κ1) is 12.7. The van der Waals surface area contributed by atoms with E-state index in [-0.39, 0.29) is 17.7 Å². The topological polar surface area (TPSA) is 64.2 Å². The van der Waals surface area contributed by atoms with Gasteiger partial charge in [0.05, 0.1) is 18.7 Å². The van der Waals surface area contributed by atoms with E-state index in [0.29, 0.717) is 13.1 Å². The van der Waals surface area contributed by atoms with E-state index in [1.54, 1.807) is 4.68 Å². The highest BCUT2D eigenvalue weighted by molar-refractivity contribution is 5.78. The van der Waals surface area contributed by atoms with Gasteiger partial charge in [0.2, 0.25) is 5.91 Å². The van der Waals surface area contributed by atoms with E-state index in [0.717, 1.165) is 12.1 Å². The van der Waals surface area contributed by atoms with Crippen molar-refractivity contribution < 1.29 is 4.79 Å². The number of primary amides is 1. The van der Waals surface area contributed by atoms with Crippen molar-refractivity contribution in [2.24, 2.45) is 18.7 Å². The molecule has 1 aromatic heterocycles. The van der Waals surface area contributed by atoms with Crippen LogP contribution in [0.4, 0.5) is 0 Å². The van der Waals surface area contributed by atoms with Gasteiger partial charge >= 0.3 is 0 Å². The van der Waals surface area contributed by atoms with Crippen LogP contribution < -0.4 is 5.73 Å². The SMILES string of the molecule is CC#CCN1C[C@H](C(N)=O)[C@@H](c2cnn(C)c2)C1. The summed E-state index contributed by atoms with van der Waals surface area (Å²) in [6.45, 7) is 4.01. The van der Waals surface area contributed by atoms with E-state index in [1.165, 1.54) is 0 Å². The standard InChI is InChI=1S/C13H18N4O/c1-3-4-5-17-8-11(12(9-17)13(14)18)10-6-15-16(2)7-10/h6-7,11-12H,5,8-9H2,1-2H3,(H2,14,18)/t11-,12+/m1/s1. The van der Waals surface area contributed by atoms with Gasteiger partial charge in [-0.15, -0.1) is 5.92 Å². The molecule has 96 valence electrons. The van der Waals surface area contributed by atoms with Crippen LogP contribution in [0.2, 0.25) is 0 Å². The lowest BCUT2D eigenvalue weighted by Gasteiger charge is -2.12. The molecule has 1 amide bonds. The zero-order chi connectivity index (χ0) is 13.1. The summed E-state index contributed by atoms with van der Waals surface area (Å²) in [5.41, 5.74) is 6.57. The van der Waals surface area contributed by atoms with Crippen LogP contribution in [-0.4, -0.2) is 40.2 Å². The fourth-order valence-corrected chi connectivity index (χ4v) is 2.46. The highest BCUT2D eigenvalue weighted by Crippen LogP contribution is 2.31. The van der Waals surface area contributed by atoms with E-state index >= 15 is 0 Å². The van der Waals surface area contributed by atoms with Crippen molar-refractivity contribution in [3.8, 4) is 11.8 Å². The Kier molecular flexibility index (Phi) is 3.68. The number of nitrogens with zero attached hydrogens (tertiary/aromatic N) is 3.